The summed E-state index contributed by atoms with van der Waals surface area (Å²) in [5.41, 5.74) is 0. The van der Waals surface area contributed by atoms with Crippen LogP contribution >= 0.6 is 23.9 Å². The lowest BCUT2D eigenvalue weighted by Gasteiger charge is -2.12. The maximum atomic E-state index is 11.9. The molecule has 0 saturated carbocycles. The second-order valence-electron chi connectivity index (χ2n) is 1.32. The van der Waals surface area contributed by atoms with E-state index >= 15 is 0 Å². The highest BCUT2D eigenvalue weighted by Gasteiger charge is 2.62. The first kappa shape index (κ1) is 7.49. The van der Waals surface area contributed by atoms with Gasteiger partial charge in [-0.15, -0.1) is 0 Å². The van der Waals surface area contributed by atoms with Gasteiger partial charge < -0.3 is 0 Å². The fourth-order valence-electron chi connectivity index (χ4n) is 0.244. The highest BCUT2D eigenvalue weighted by molar-refractivity contribution is 8.17. The fourth-order valence-corrected chi connectivity index (χ4v) is 1.74. The minimum Gasteiger partial charge on any atom is -0.197 e. The van der Waals surface area contributed by atoms with Crippen molar-refractivity contribution >= 4 is 23.9 Å². The van der Waals surface area contributed by atoms with E-state index in [1.807, 2.05) is 0 Å². The summed E-state index contributed by atoms with van der Waals surface area (Å²) in [6, 6.07) is 0. The first-order valence-corrected chi connectivity index (χ1v) is 3.46. The van der Waals surface area contributed by atoms with Crippen LogP contribution in [0.15, 0.2) is 0 Å². The van der Waals surface area contributed by atoms with Gasteiger partial charge in [0.05, 0.1) is 0 Å². The van der Waals surface area contributed by atoms with Gasteiger partial charge in [-0.2, -0.15) is 21.7 Å². The smallest absolute Gasteiger partial charge is 0.197 e. The molecule has 1 nitrogen and oxygen atoms in total. The minimum atomic E-state index is -3.97. The molecule has 1 aliphatic rings. The topological polar surface area (TPSA) is 12.0 Å². The van der Waals surface area contributed by atoms with Crippen molar-refractivity contribution in [2.75, 3.05) is 0 Å². The lowest BCUT2D eigenvalue weighted by atomic mass is 10.7. The third kappa shape index (κ3) is 1.13. The zero-order valence-corrected chi connectivity index (χ0v) is 5.46. The largest absolute Gasteiger partial charge is 0.381 e. The van der Waals surface area contributed by atoms with Crippen LogP contribution in [0.4, 0.5) is 17.6 Å². The lowest BCUT2D eigenvalue weighted by Crippen LogP contribution is -2.28. The van der Waals surface area contributed by atoms with Gasteiger partial charge in [0.15, 0.2) is 0 Å². The van der Waals surface area contributed by atoms with Crippen LogP contribution in [0.3, 0.4) is 0 Å². The Kier molecular flexibility index (Phi) is 1.61. The summed E-state index contributed by atoms with van der Waals surface area (Å²) in [6.45, 7) is 0. The molecule has 0 aliphatic carbocycles. The molecule has 9 heavy (non-hydrogen) atoms. The van der Waals surface area contributed by atoms with Crippen molar-refractivity contribution in [1.82, 2.24) is 4.13 Å². The predicted octanol–water partition coefficient (Wildman–Crippen LogP) is 2.07. The molecule has 1 heterocycles. The van der Waals surface area contributed by atoms with Gasteiger partial charge in [-0.1, -0.05) is 0 Å². The summed E-state index contributed by atoms with van der Waals surface area (Å²) < 4.78 is 49.1. The third-order valence-corrected chi connectivity index (χ3v) is 2.50. The van der Waals surface area contributed by atoms with Crippen LogP contribution in [0.2, 0.25) is 0 Å². The molecule has 0 unspecified atom stereocenters. The van der Waals surface area contributed by atoms with Gasteiger partial charge in [-0.25, -0.2) is 0 Å². The van der Waals surface area contributed by atoms with Crippen LogP contribution in [0, 0.1) is 0 Å². The van der Waals surface area contributed by atoms with Gasteiger partial charge in [-0.05, 0) is 0 Å². The number of hydrogen-bond donors (Lipinski definition) is 1. The molecule has 7 heteroatoms. The second-order valence-corrected chi connectivity index (χ2v) is 3.42. The van der Waals surface area contributed by atoms with E-state index in [0.29, 0.717) is 0 Å². The van der Waals surface area contributed by atoms with E-state index in [2.05, 4.69) is 0 Å². The number of rotatable bonds is 0. The number of nitrogens with one attached hydrogen (secondary N) is 1. The molecule has 1 rings (SSSR count). The average molecular weight is 179 g/mol. The zero-order valence-electron chi connectivity index (χ0n) is 3.83. The molecular formula is C2HF4NS2. The highest BCUT2D eigenvalue weighted by Crippen LogP contribution is 2.54. The van der Waals surface area contributed by atoms with Crippen LogP contribution in [-0.4, -0.2) is 10.5 Å². The Morgan fingerprint density at radius 3 is 1.33 bits per heavy atom. The van der Waals surface area contributed by atoms with E-state index in [0.717, 1.165) is 0 Å². The molecule has 0 amide bonds. The summed E-state index contributed by atoms with van der Waals surface area (Å²) >= 11 is -0.528. The molecule has 0 spiro atoms. The van der Waals surface area contributed by atoms with Crippen molar-refractivity contribution in [2.45, 2.75) is 10.5 Å². The van der Waals surface area contributed by atoms with Crippen LogP contribution < -0.4 is 4.13 Å². The Hall–Kier alpha value is 0.380. The van der Waals surface area contributed by atoms with Crippen molar-refractivity contribution in [3.05, 3.63) is 0 Å². The summed E-state index contributed by atoms with van der Waals surface area (Å²) in [5, 5.41) is -7.95. The lowest BCUT2D eigenvalue weighted by molar-refractivity contribution is -0.0803. The highest BCUT2D eigenvalue weighted by atomic mass is 32.2. The average Bonchev–Trinajstić information content (AvgIpc) is 1.81. The minimum absolute atomic E-state index is 0.264. The van der Waals surface area contributed by atoms with Crippen molar-refractivity contribution < 1.29 is 17.6 Å². The van der Waals surface area contributed by atoms with Gasteiger partial charge in [0.1, 0.15) is 0 Å². The molecule has 0 aromatic carbocycles. The van der Waals surface area contributed by atoms with Gasteiger partial charge in [0.25, 0.3) is 0 Å². The molecule has 1 fully saturated rings. The maximum absolute atomic E-state index is 11.9. The van der Waals surface area contributed by atoms with Gasteiger partial charge in [0.2, 0.25) is 0 Å². The van der Waals surface area contributed by atoms with Gasteiger partial charge >= 0.3 is 10.5 Å². The summed E-state index contributed by atoms with van der Waals surface area (Å²) in [4.78, 5) is 0. The molecular weight excluding hydrogens is 178 g/mol. The van der Waals surface area contributed by atoms with E-state index < -0.39 is 10.5 Å². The Morgan fingerprint density at radius 1 is 0.889 bits per heavy atom. The van der Waals surface area contributed by atoms with Crippen molar-refractivity contribution in [1.29, 1.82) is 0 Å². The van der Waals surface area contributed by atoms with Crippen molar-refractivity contribution in [3.8, 4) is 0 Å². The van der Waals surface area contributed by atoms with Gasteiger partial charge in [0, 0.05) is 23.9 Å². The van der Waals surface area contributed by atoms with Crippen molar-refractivity contribution in [3.63, 3.8) is 0 Å². The quantitative estimate of drug-likeness (QED) is 0.451. The van der Waals surface area contributed by atoms with E-state index in [4.69, 9.17) is 0 Å². The standard InChI is InChI=1S/C2HF4NS2/c3-1(4)2(5,6)9-7-8-1/h7H. The zero-order chi connectivity index (χ0) is 7.12. The van der Waals surface area contributed by atoms with E-state index in [-0.39, 0.29) is 23.9 Å². The summed E-state index contributed by atoms with van der Waals surface area (Å²) in [7, 11) is 0. The molecule has 0 aromatic rings. The molecule has 0 bridgehead atoms. The normalized spacial score (nSPS) is 30.7. The van der Waals surface area contributed by atoms with Crippen LogP contribution in [-0.2, 0) is 0 Å². The van der Waals surface area contributed by atoms with Crippen LogP contribution in [0.5, 0.6) is 0 Å². The molecule has 1 saturated heterocycles. The molecule has 1 aliphatic heterocycles. The molecule has 0 aromatic heterocycles. The first-order valence-electron chi connectivity index (χ1n) is 1.82. The second kappa shape index (κ2) is 1.93. The van der Waals surface area contributed by atoms with Crippen LogP contribution in [0.25, 0.3) is 0 Å². The molecule has 0 radical (unpaired) electrons. The van der Waals surface area contributed by atoms with Gasteiger partial charge in [-0.3, -0.25) is 0 Å². The monoisotopic (exact) mass is 179 g/mol. The molecule has 1 N–H and O–H groups in total. The Morgan fingerprint density at radius 2 is 1.22 bits per heavy atom. The Balaban J connectivity index is 2.75. The van der Waals surface area contributed by atoms with E-state index in [1.165, 1.54) is 0 Å². The van der Waals surface area contributed by atoms with Crippen molar-refractivity contribution in [2.24, 2.45) is 0 Å². The summed E-state index contributed by atoms with van der Waals surface area (Å²) in [5.74, 6) is 0. The molecule has 0 atom stereocenters. The number of hydrogen-bond acceptors (Lipinski definition) is 3. The number of halogens is 4. The molecule has 54 valence electrons. The third-order valence-electron chi connectivity index (χ3n) is 0.679. The maximum Gasteiger partial charge on any atom is 0.381 e. The SMILES string of the molecule is FC1(F)SNSC1(F)F. The Bertz CT molecular complexity index is 112. The van der Waals surface area contributed by atoms with Crippen LogP contribution in [0.1, 0.15) is 0 Å². The number of alkyl halides is 4. The van der Waals surface area contributed by atoms with E-state index in [1.54, 1.807) is 4.13 Å². The first-order chi connectivity index (χ1) is 3.96. The summed E-state index contributed by atoms with van der Waals surface area (Å²) in [6.07, 6.45) is 0. The fraction of sp³-hybridized carbons (Fsp3) is 1.00. The Labute approximate surface area is 56.8 Å². The van der Waals surface area contributed by atoms with E-state index in [9.17, 15) is 17.6 Å². The predicted molar refractivity (Wildman–Crippen MR) is 28.2 cm³/mol.